The summed E-state index contributed by atoms with van der Waals surface area (Å²) in [5.41, 5.74) is 0. The maximum absolute atomic E-state index is 10.6. The van der Waals surface area contributed by atoms with Gasteiger partial charge in [0.1, 0.15) is 0 Å². The van der Waals surface area contributed by atoms with Crippen molar-refractivity contribution in [2.75, 3.05) is 13.7 Å². The van der Waals surface area contributed by atoms with Crippen molar-refractivity contribution in [1.29, 1.82) is 0 Å². The van der Waals surface area contributed by atoms with Crippen molar-refractivity contribution in [2.24, 2.45) is 0 Å². The summed E-state index contributed by atoms with van der Waals surface area (Å²) in [7, 11) is 1.41. The number of ether oxygens (including phenoxy) is 2. The average molecular weight is 174 g/mol. The maximum Gasteiger partial charge on any atom is 0.305 e. The van der Waals surface area contributed by atoms with Crippen molar-refractivity contribution in [1.82, 2.24) is 0 Å². The van der Waals surface area contributed by atoms with E-state index in [-0.39, 0.29) is 12.1 Å². The average Bonchev–Trinajstić information content (AvgIpc) is 2.03. The first-order valence-electron chi connectivity index (χ1n) is 4.35. The lowest BCUT2D eigenvalue weighted by atomic mass is 10.2. The molecule has 0 heterocycles. The summed E-state index contributed by atoms with van der Waals surface area (Å²) >= 11 is 0. The van der Waals surface area contributed by atoms with Crippen LogP contribution in [0.4, 0.5) is 0 Å². The van der Waals surface area contributed by atoms with Gasteiger partial charge in [-0.3, -0.25) is 4.79 Å². The standard InChI is InChI=1S/C9H18O3/c1-8(2)12-7-5-4-6-9(10)11-3/h8H,4-7H2,1-3H3. The van der Waals surface area contributed by atoms with Gasteiger partial charge >= 0.3 is 5.97 Å². The van der Waals surface area contributed by atoms with Gasteiger partial charge in [0.05, 0.1) is 13.2 Å². The second kappa shape index (κ2) is 7.10. The van der Waals surface area contributed by atoms with Crippen molar-refractivity contribution in [3.05, 3.63) is 0 Å². The Kier molecular flexibility index (Phi) is 6.76. The highest BCUT2D eigenvalue weighted by Crippen LogP contribution is 1.99. The van der Waals surface area contributed by atoms with E-state index in [4.69, 9.17) is 4.74 Å². The van der Waals surface area contributed by atoms with Crippen molar-refractivity contribution in [2.45, 2.75) is 39.2 Å². The Bertz CT molecular complexity index is 121. The molecular formula is C9H18O3. The van der Waals surface area contributed by atoms with Crippen molar-refractivity contribution >= 4 is 5.97 Å². The maximum atomic E-state index is 10.6. The monoisotopic (exact) mass is 174 g/mol. The summed E-state index contributed by atoms with van der Waals surface area (Å²) in [6.07, 6.45) is 2.55. The first kappa shape index (κ1) is 11.4. The van der Waals surface area contributed by atoms with Gasteiger partial charge in [0.2, 0.25) is 0 Å². The molecule has 0 spiro atoms. The van der Waals surface area contributed by atoms with Gasteiger partial charge in [-0.15, -0.1) is 0 Å². The van der Waals surface area contributed by atoms with Gasteiger partial charge in [-0.05, 0) is 26.7 Å². The van der Waals surface area contributed by atoms with Crippen LogP contribution in [0.15, 0.2) is 0 Å². The smallest absolute Gasteiger partial charge is 0.305 e. The van der Waals surface area contributed by atoms with Crippen LogP contribution in [-0.2, 0) is 14.3 Å². The molecule has 0 saturated heterocycles. The van der Waals surface area contributed by atoms with Gasteiger partial charge in [-0.25, -0.2) is 0 Å². The molecule has 72 valence electrons. The Morgan fingerprint density at radius 3 is 2.50 bits per heavy atom. The highest BCUT2D eigenvalue weighted by atomic mass is 16.5. The van der Waals surface area contributed by atoms with E-state index in [1.54, 1.807) is 0 Å². The first-order valence-corrected chi connectivity index (χ1v) is 4.35. The molecule has 0 fully saturated rings. The summed E-state index contributed by atoms with van der Waals surface area (Å²) in [6, 6.07) is 0. The zero-order chi connectivity index (χ0) is 9.40. The Morgan fingerprint density at radius 2 is 2.00 bits per heavy atom. The van der Waals surface area contributed by atoms with E-state index < -0.39 is 0 Å². The lowest BCUT2D eigenvalue weighted by molar-refractivity contribution is -0.140. The van der Waals surface area contributed by atoms with Gasteiger partial charge < -0.3 is 9.47 Å². The fourth-order valence-electron chi connectivity index (χ4n) is 0.792. The molecule has 0 aliphatic rings. The number of methoxy groups -OCH3 is 1. The van der Waals surface area contributed by atoms with Crippen LogP contribution in [0.3, 0.4) is 0 Å². The van der Waals surface area contributed by atoms with Crippen LogP contribution in [0, 0.1) is 0 Å². The molecule has 3 nitrogen and oxygen atoms in total. The van der Waals surface area contributed by atoms with Gasteiger partial charge in [0.25, 0.3) is 0 Å². The number of esters is 1. The minimum atomic E-state index is -0.139. The van der Waals surface area contributed by atoms with Crippen LogP contribution in [0.5, 0.6) is 0 Å². The van der Waals surface area contributed by atoms with Crippen LogP contribution >= 0.6 is 0 Å². The van der Waals surface area contributed by atoms with Crippen molar-refractivity contribution in [3.8, 4) is 0 Å². The fourth-order valence-corrected chi connectivity index (χ4v) is 0.792. The van der Waals surface area contributed by atoms with Gasteiger partial charge in [0.15, 0.2) is 0 Å². The molecule has 0 aromatic rings. The second-order valence-corrected chi connectivity index (χ2v) is 2.95. The van der Waals surface area contributed by atoms with E-state index in [2.05, 4.69) is 4.74 Å². The molecule has 0 aromatic carbocycles. The molecule has 12 heavy (non-hydrogen) atoms. The Hall–Kier alpha value is -0.570. The van der Waals surface area contributed by atoms with Crippen LogP contribution in [0.25, 0.3) is 0 Å². The minimum Gasteiger partial charge on any atom is -0.469 e. The summed E-state index contributed by atoms with van der Waals surface area (Å²) in [6.45, 7) is 4.73. The molecule has 0 amide bonds. The second-order valence-electron chi connectivity index (χ2n) is 2.95. The third-order valence-corrected chi connectivity index (χ3v) is 1.45. The molecule has 0 rings (SSSR count). The predicted molar refractivity (Wildman–Crippen MR) is 47.0 cm³/mol. The van der Waals surface area contributed by atoms with E-state index in [9.17, 15) is 4.79 Å². The topological polar surface area (TPSA) is 35.5 Å². The van der Waals surface area contributed by atoms with E-state index in [1.165, 1.54) is 7.11 Å². The third-order valence-electron chi connectivity index (χ3n) is 1.45. The fraction of sp³-hybridized carbons (Fsp3) is 0.889. The summed E-state index contributed by atoms with van der Waals surface area (Å²) in [5, 5.41) is 0. The first-order chi connectivity index (χ1) is 5.66. The minimum absolute atomic E-state index is 0.139. The predicted octanol–water partition coefficient (Wildman–Crippen LogP) is 1.75. The zero-order valence-corrected chi connectivity index (χ0v) is 8.13. The summed E-state index contributed by atoms with van der Waals surface area (Å²) in [5.74, 6) is -0.139. The van der Waals surface area contributed by atoms with Gasteiger partial charge in [0, 0.05) is 13.0 Å². The molecule has 0 unspecified atom stereocenters. The Labute approximate surface area is 74.0 Å². The largest absolute Gasteiger partial charge is 0.469 e. The Balaban J connectivity index is 3.05. The van der Waals surface area contributed by atoms with Crippen molar-refractivity contribution < 1.29 is 14.3 Å². The van der Waals surface area contributed by atoms with E-state index in [0.717, 1.165) is 19.4 Å². The molecule has 3 heteroatoms. The summed E-state index contributed by atoms with van der Waals surface area (Å²) < 4.78 is 9.80. The van der Waals surface area contributed by atoms with Gasteiger partial charge in [-0.2, -0.15) is 0 Å². The molecule has 0 bridgehead atoms. The molecule has 0 radical (unpaired) electrons. The normalized spacial score (nSPS) is 10.3. The lowest BCUT2D eigenvalue weighted by Gasteiger charge is -2.06. The van der Waals surface area contributed by atoms with Crippen molar-refractivity contribution in [3.63, 3.8) is 0 Å². The number of rotatable bonds is 6. The van der Waals surface area contributed by atoms with Crippen LogP contribution < -0.4 is 0 Å². The molecule has 0 aromatic heterocycles. The lowest BCUT2D eigenvalue weighted by Crippen LogP contribution is -2.05. The number of carbonyl (C=O) groups excluding carboxylic acids is 1. The zero-order valence-electron chi connectivity index (χ0n) is 8.13. The quantitative estimate of drug-likeness (QED) is 0.454. The van der Waals surface area contributed by atoms with E-state index >= 15 is 0 Å². The number of unbranched alkanes of at least 4 members (excludes halogenated alkanes) is 1. The molecule has 0 aliphatic carbocycles. The van der Waals surface area contributed by atoms with E-state index in [0.29, 0.717) is 6.42 Å². The summed E-state index contributed by atoms with van der Waals surface area (Å²) in [4.78, 5) is 10.6. The number of carbonyl (C=O) groups is 1. The molecule has 0 saturated carbocycles. The molecule has 0 aliphatic heterocycles. The van der Waals surface area contributed by atoms with E-state index in [1.807, 2.05) is 13.8 Å². The number of hydrogen-bond acceptors (Lipinski definition) is 3. The SMILES string of the molecule is COC(=O)CCCCOC(C)C. The van der Waals surface area contributed by atoms with Crippen LogP contribution in [0.1, 0.15) is 33.1 Å². The van der Waals surface area contributed by atoms with Gasteiger partial charge in [-0.1, -0.05) is 0 Å². The molecule has 0 N–H and O–H groups in total. The molecular weight excluding hydrogens is 156 g/mol. The molecule has 0 atom stereocenters. The Morgan fingerprint density at radius 1 is 1.33 bits per heavy atom. The highest BCUT2D eigenvalue weighted by Gasteiger charge is 1.99. The van der Waals surface area contributed by atoms with Crippen LogP contribution in [-0.4, -0.2) is 25.8 Å². The third kappa shape index (κ3) is 7.54. The highest BCUT2D eigenvalue weighted by molar-refractivity contribution is 5.68. The van der Waals surface area contributed by atoms with Crippen LogP contribution in [0.2, 0.25) is 0 Å². The number of hydrogen-bond donors (Lipinski definition) is 0.